The van der Waals surface area contributed by atoms with Crippen LogP contribution >= 0.6 is 0 Å². The number of nitrogens with zero attached hydrogens (tertiary/aromatic N) is 1. The lowest BCUT2D eigenvalue weighted by molar-refractivity contribution is 0.289. The van der Waals surface area contributed by atoms with Gasteiger partial charge in [0, 0.05) is 6.42 Å². The monoisotopic (exact) mass is 225 g/mol. The van der Waals surface area contributed by atoms with Gasteiger partial charge in [-0.15, -0.1) is 0 Å². The minimum atomic E-state index is -0.366. The molecule has 1 aromatic rings. The quantitative estimate of drug-likeness (QED) is 0.350. The fraction of sp³-hybridized carbons (Fsp3) is 0.417. The molecule has 0 atom stereocenters. The Morgan fingerprint density at radius 3 is 2.56 bits per heavy atom. The average Bonchev–Trinajstić information content (AvgIpc) is 2.33. The number of ether oxygens (including phenoxy) is 1. The third-order valence-corrected chi connectivity index (χ3v) is 2.19. The van der Waals surface area contributed by atoms with Crippen LogP contribution in [-0.4, -0.2) is 24.2 Å². The van der Waals surface area contributed by atoms with Crippen LogP contribution in [0.25, 0.3) is 0 Å². The number of oxime groups is 1. The van der Waals surface area contributed by atoms with E-state index in [2.05, 4.69) is 5.16 Å². The van der Waals surface area contributed by atoms with E-state index in [4.69, 9.17) is 9.94 Å². The highest BCUT2D eigenvalue weighted by molar-refractivity contribution is 6.00. The summed E-state index contributed by atoms with van der Waals surface area (Å²) in [6, 6.07) is 7.22. The van der Waals surface area contributed by atoms with Crippen molar-refractivity contribution in [2.75, 3.05) is 13.3 Å². The minimum Gasteiger partial charge on any atom is -0.493 e. The molecule has 0 aromatic heterocycles. The van der Waals surface area contributed by atoms with Crippen molar-refractivity contribution in [3.8, 4) is 5.75 Å². The van der Waals surface area contributed by atoms with Gasteiger partial charge >= 0.3 is 0 Å². The van der Waals surface area contributed by atoms with Gasteiger partial charge in [0.1, 0.15) is 5.75 Å². The third-order valence-electron chi connectivity index (χ3n) is 2.19. The van der Waals surface area contributed by atoms with Crippen molar-refractivity contribution in [2.45, 2.75) is 19.8 Å². The number of hydrogen-bond acceptors (Lipinski definition) is 3. The Morgan fingerprint density at radius 2 is 2.06 bits per heavy atom. The highest BCUT2D eigenvalue weighted by atomic mass is 19.1. The number of rotatable bonds is 6. The molecule has 88 valence electrons. The molecule has 3 nitrogen and oxygen atoms in total. The Hall–Kier alpha value is -1.58. The fourth-order valence-electron chi connectivity index (χ4n) is 1.32. The molecular formula is C12H16FNO2. The number of alkyl halides is 1. The zero-order valence-corrected chi connectivity index (χ0v) is 9.32. The van der Waals surface area contributed by atoms with Crippen molar-refractivity contribution in [1.29, 1.82) is 0 Å². The van der Waals surface area contributed by atoms with E-state index >= 15 is 0 Å². The van der Waals surface area contributed by atoms with Crippen LogP contribution in [0.2, 0.25) is 0 Å². The van der Waals surface area contributed by atoms with Crippen molar-refractivity contribution < 1.29 is 14.3 Å². The molecule has 0 amide bonds. The maximum Gasteiger partial charge on any atom is 0.119 e. The van der Waals surface area contributed by atoms with Gasteiger partial charge in [-0.25, -0.2) is 0 Å². The topological polar surface area (TPSA) is 41.8 Å². The van der Waals surface area contributed by atoms with Crippen LogP contribution in [0.15, 0.2) is 29.4 Å². The predicted molar refractivity (Wildman–Crippen MR) is 61.1 cm³/mol. The molecule has 16 heavy (non-hydrogen) atoms. The molecule has 1 aromatic carbocycles. The first-order valence-electron chi connectivity index (χ1n) is 5.32. The Labute approximate surface area is 94.5 Å². The summed E-state index contributed by atoms with van der Waals surface area (Å²) in [4.78, 5) is 0. The maximum atomic E-state index is 11.8. The van der Waals surface area contributed by atoms with Gasteiger partial charge in [-0.2, -0.15) is 0 Å². The summed E-state index contributed by atoms with van der Waals surface area (Å²) < 4.78 is 17.1. The van der Waals surface area contributed by atoms with Crippen LogP contribution < -0.4 is 4.74 Å². The largest absolute Gasteiger partial charge is 0.493 e. The molecule has 0 unspecified atom stereocenters. The Bertz CT molecular complexity index is 335. The van der Waals surface area contributed by atoms with Crippen molar-refractivity contribution in [2.24, 2.45) is 5.16 Å². The Morgan fingerprint density at radius 1 is 1.38 bits per heavy atom. The van der Waals surface area contributed by atoms with E-state index in [9.17, 15) is 4.39 Å². The van der Waals surface area contributed by atoms with E-state index in [0.29, 0.717) is 30.9 Å². The summed E-state index contributed by atoms with van der Waals surface area (Å²) in [6.07, 6.45) is 1.07. The summed E-state index contributed by atoms with van der Waals surface area (Å²) >= 11 is 0. The van der Waals surface area contributed by atoms with E-state index in [0.717, 1.165) is 5.56 Å². The van der Waals surface area contributed by atoms with Gasteiger partial charge in [0.05, 0.1) is 19.0 Å². The molecule has 0 fully saturated rings. The van der Waals surface area contributed by atoms with Crippen LogP contribution in [-0.2, 0) is 0 Å². The molecule has 0 aliphatic carbocycles. The molecular weight excluding hydrogens is 209 g/mol. The van der Waals surface area contributed by atoms with Crippen LogP contribution in [0.3, 0.4) is 0 Å². The zero-order chi connectivity index (χ0) is 11.8. The smallest absolute Gasteiger partial charge is 0.119 e. The Kier molecular flexibility index (Phi) is 5.32. The molecule has 0 aliphatic heterocycles. The predicted octanol–water partition coefficient (Wildman–Crippen LogP) is 3.01. The van der Waals surface area contributed by atoms with Crippen LogP contribution in [0, 0.1) is 0 Å². The highest BCUT2D eigenvalue weighted by Crippen LogP contribution is 2.14. The zero-order valence-electron chi connectivity index (χ0n) is 9.32. The van der Waals surface area contributed by atoms with Gasteiger partial charge in [0.25, 0.3) is 0 Å². The second-order valence-corrected chi connectivity index (χ2v) is 3.32. The van der Waals surface area contributed by atoms with Crippen molar-refractivity contribution in [3.05, 3.63) is 29.8 Å². The van der Waals surface area contributed by atoms with Gasteiger partial charge in [0.2, 0.25) is 0 Å². The first kappa shape index (κ1) is 12.5. The number of halogens is 1. The average molecular weight is 225 g/mol. The molecule has 1 rings (SSSR count). The van der Waals surface area contributed by atoms with E-state index in [1.165, 1.54) is 0 Å². The molecule has 0 spiro atoms. The molecule has 0 saturated carbocycles. The van der Waals surface area contributed by atoms with Crippen molar-refractivity contribution in [1.82, 2.24) is 0 Å². The summed E-state index contributed by atoms with van der Waals surface area (Å²) in [5.74, 6) is 0.700. The third kappa shape index (κ3) is 3.53. The fourth-order valence-corrected chi connectivity index (χ4v) is 1.32. The SMILES string of the molecule is CC/C(=N/O)c1ccc(OCCCF)cc1. The Balaban J connectivity index is 2.60. The van der Waals surface area contributed by atoms with Crippen LogP contribution in [0.4, 0.5) is 4.39 Å². The molecule has 0 aliphatic rings. The molecule has 0 heterocycles. The van der Waals surface area contributed by atoms with E-state index < -0.39 is 0 Å². The normalized spacial score (nSPS) is 11.5. The van der Waals surface area contributed by atoms with Crippen LogP contribution in [0.1, 0.15) is 25.3 Å². The number of benzene rings is 1. The van der Waals surface area contributed by atoms with Crippen molar-refractivity contribution >= 4 is 5.71 Å². The summed E-state index contributed by atoms with van der Waals surface area (Å²) in [5.41, 5.74) is 1.50. The maximum absolute atomic E-state index is 11.8. The van der Waals surface area contributed by atoms with E-state index in [-0.39, 0.29) is 6.67 Å². The minimum absolute atomic E-state index is 0.366. The van der Waals surface area contributed by atoms with Gasteiger partial charge in [-0.05, 0) is 36.2 Å². The van der Waals surface area contributed by atoms with Gasteiger partial charge in [-0.3, -0.25) is 4.39 Å². The van der Waals surface area contributed by atoms with E-state index in [1.54, 1.807) is 12.1 Å². The first-order chi connectivity index (χ1) is 7.81. The van der Waals surface area contributed by atoms with Gasteiger partial charge in [0.15, 0.2) is 0 Å². The van der Waals surface area contributed by atoms with Crippen molar-refractivity contribution in [3.63, 3.8) is 0 Å². The standard InChI is InChI=1S/C12H16FNO2/c1-2-12(14-15)10-4-6-11(7-5-10)16-9-3-8-13/h4-7,15H,2-3,8-9H2,1H3/b14-12-. The van der Waals surface area contributed by atoms with Gasteiger partial charge in [-0.1, -0.05) is 12.1 Å². The molecule has 0 bridgehead atoms. The first-order valence-corrected chi connectivity index (χ1v) is 5.32. The number of hydrogen-bond donors (Lipinski definition) is 1. The lowest BCUT2D eigenvalue weighted by atomic mass is 10.1. The molecule has 4 heteroatoms. The molecule has 1 N–H and O–H groups in total. The second-order valence-electron chi connectivity index (χ2n) is 3.32. The summed E-state index contributed by atoms with van der Waals surface area (Å²) in [6.45, 7) is 1.93. The molecule has 0 saturated heterocycles. The summed E-state index contributed by atoms with van der Waals surface area (Å²) in [7, 11) is 0. The van der Waals surface area contributed by atoms with Gasteiger partial charge < -0.3 is 9.94 Å². The summed E-state index contributed by atoms with van der Waals surface area (Å²) in [5, 5.41) is 11.9. The second kappa shape index (κ2) is 6.82. The highest BCUT2D eigenvalue weighted by Gasteiger charge is 2.01. The lowest BCUT2D eigenvalue weighted by Gasteiger charge is -2.06. The van der Waals surface area contributed by atoms with Crippen LogP contribution in [0.5, 0.6) is 5.75 Å². The molecule has 0 radical (unpaired) electrons. The lowest BCUT2D eigenvalue weighted by Crippen LogP contribution is -2.00. The van der Waals surface area contributed by atoms with E-state index in [1.807, 2.05) is 19.1 Å².